The maximum Gasteiger partial charge on any atom is 0.573 e. The van der Waals surface area contributed by atoms with Crippen molar-refractivity contribution >= 4 is 33.1 Å². The van der Waals surface area contributed by atoms with Crippen LogP contribution in [0.4, 0.5) is 18.9 Å². The number of amides is 1. The standard InChI is InChI=1S/C21H14F3N3O3S/c22-21(23,24)30-15-8-6-14(7-9-15)27-17(28)10-29-19-18-16(13-4-2-1-3-5-13)11-31-20(18)26-12-25-19/h1-9,11-12H,10H2,(H,27,28). The number of rotatable bonds is 6. The zero-order chi connectivity index (χ0) is 21.8. The topological polar surface area (TPSA) is 73.3 Å². The van der Waals surface area contributed by atoms with Crippen molar-refractivity contribution in [2.75, 3.05) is 11.9 Å². The van der Waals surface area contributed by atoms with E-state index in [4.69, 9.17) is 4.74 Å². The van der Waals surface area contributed by atoms with Crippen molar-refractivity contribution in [1.82, 2.24) is 9.97 Å². The molecule has 1 amide bonds. The summed E-state index contributed by atoms with van der Waals surface area (Å²) in [6.07, 6.45) is -3.41. The molecule has 10 heteroatoms. The van der Waals surface area contributed by atoms with Gasteiger partial charge in [0.05, 0.1) is 5.39 Å². The molecule has 0 aliphatic rings. The molecule has 0 bridgehead atoms. The van der Waals surface area contributed by atoms with Gasteiger partial charge in [0.15, 0.2) is 6.61 Å². The molecule has 6 nitrogen and oxygen atoms in total. The molecule has 0 fully saturated rings. The zero-order valence-corrected chi connectivity index (χ0v) is 16.5. The number of alkyl halides is 3. The fourth-order valence-electron chi connectivity index (χ4n) is 2.86. The smallest absolute Gasteiger partial charge is 0.467 e. The van der Waals surface area contributed by atoms with Crippen LogP contribution in [-0.4, -0.2) is 28.8 Å². The van der Waals surface area contributed by atoms with Crippen molar-refractivity contribution in [3.63, 3.8) is 0 Å². The van der Waals surface area contributed by atoms with E-state index in [0.717, 1.165) is 28.1 Å². The van der Waals surface area contributed by atoms with Crippen LogP contribution in [0.1, 0.15) is 0 Å². The molecule has 4 aromatic rings. The molecule has 0 aliphatic carbocycles. The third kappa shape index (κ3) is 5.10. The highest BCUT2D eigenvalue weighted by Gasteiger charge is 2.31. The van der Waals surface area contributed by atoms with Crippen molar-refractivity contribution in [2.45, 2.75) is 6.36 Å². The Hall–Kier alpha value is -3.66. The quantitative estimate of drug-likeness (QED) is 0.438. The summed E-state index contributed by atoms with van der Waals surface area (Å²) in [5.74, 6) is -0.599. The largest absolute Gasteiger partial charge is 0.573 e. The number of carbonyl (C=O) groups is 1. The number of anilines is 1. The Bertz CT molecular complexity index is 1200. The van der Waals surface area contributed by atoms with Crippen LogP contribution < -0.4 is 14.8 Å². The number of carbonyl (C=O) groups excluding carboxylic acids is 1. The van der Waals surface area contributed by atoms with E-state index in [1.807, 2.05) is 35.7 Å². The van der Waals surface area contributed by atoms with E-state index in [9.17, 15) is 18.0 Å². The summed E-state index contributed by atoms with van der Waals surface area (Å²) in [6, 6.07) is 14.5. The maximum atomic E-state index is 12.2. The Labute approximate surface area is 178 Å². The molecule has 0 unspecified atom stereocenters. The van der Waals surface area contributed by atoms with Gasteiger partial charge < -0.3 is 14.8 Å². The second-order valence-corrected chi connectivity index (χ2v) is 7.14. The Kier molecular flexibility index (Phi) is 5.72. The lowest BCUT2D eigenvalue weighted by Gasteiger charge is -2.10. The van der Waals surface area contributed by atoms with Crippen LogP contribution in [-0.2, 0) is 4.79 Å². The number of halogens is 3. The predicted octanol–water partition coefficient (Wildman–Crippen LogP) is 5.27. The first-order chi connectivity index (χ1) is 14.9. The van der Waals surface area contributed by atoms with Crippen molar-refractivity contribution in [1.29, 1.82) is 0 Å². The van der Waals surface area contributed by atoms with Crippen molar-refractivity contribution in [3.05, 3.63) is 66.3 Å². The fraction of sp³-hybridized carbons (Fsp3) is 0.0952. The number of hydrogen-bond donors (Lipinski definition) is 1. The van der Waals surface area contributed by atoms with Crippen LogP contribution in [0.5, 0.6) is 11.6 Å². The van der Waals surface area contributed by atoms with Gasteiger partial charge in [-0.05, 0) is 29.8 Å². The SMILES string of the molecule is O=C(COc1ncnc2scc(-c3ccccc3)c12)Nc1ccc(OC(F)(F)F)cc1. The summed E-state index contributed by atoms with van der Waals surface area (Å²) in [5.41, 5.74) is 2.17. The predicted molar refractivity (Wildman–Crippen MR) is 110 cm³/mol. The molecule has 0 spiro atoms. The summed E-state index contributed by atoms with van der Waals surface area (Å²) in [5, 5.41) is 5.21. The highest BCUT2D eigenvalue weighted by molar-refractivity contribution is 7.17. The van der Waals surface area contributed by atoms with Gasteiger partial charge in [0.2, 0.25) is 5.88 Å². The van der Waals surface area contributed by atoms with Crippen LogP contribution in [0.25, 0.3) is 21.3 Å². The van der Waals surface area contributed by atoms with Crippen molar-refractivity contribution in [2.24, 2.45) is 0 Å². The number of thiophene rings is 1. The highest BCUT2D eigenvalue weighted by atomic mass is 32.1. The van der Waals surface area contributed by atoms with E-state index >= 15 is 0 Å². The lowest BCUT2D eigenvalue weighted by Crippen LogP contribution is -2.20. The van der Waals surface area contributed by atoms with Gasteiger partial charge in [-0.3, -0.25) is 4.79 Å². The molecular formula is C21H14F3N3O3S. The number of nitrogens with one attached hydrogen (secondary N) is 1. The minimum absolute atomic E-state index is 0.272. The molecule has 2 aromatic heterocycles. The first kappa shape index (κ1) is 20.6. The molecule has 0 saturated carbocycles. The Morgan fingerprint density at radius 1 is 1.03 bits per heavy atom. The van der Waals surface area contributed by atoms with Crippen LogP contribution in [0.2, 0.25) is 0 Å². The van der Waals surface area contributed by atoms with Crippen molar-refractivity contribution < 1.29 is 27.4 Å². The summed E-state index contributed by atoms with van der Waals surface area (Å²) in [7, 11) is 0. The lowest BCUT2D eigenvalue weighted by atomic mass is 10.1. The van der Waals surface area contributed by atoms with E-state index < -0.39 is 12.3 Å². The molecule has 1 N–H and O–H groups in total. The summed E-state index contributed by atoms with van der Waals surface area (Å²) in [4.78, 5) is 21.4. The maximum absolute atomic E-state index is 12.2. The molecule has 0 radical (unpaired) electrons. The Morgan fingerprint density at radius 2 is 1.77 bits per heavy atom. The van der Waals surface area contributed by atoms with Gasteiger partial charge in [0.1, 0.15) is 16.9 Å². The van der Waals surface area contributed by atoms with Gasteiger partial charge in [-0.2, -0.15) is 0 Å². The number of benzene rings is 2. The summed E-state index contributed by atoms with van der Waals surface area (Å²) in [6.45, 7) is -0.336. The Balaban J connectivity index is 1.45. The molecule has 31 heavy (non-hydrogen) atoms. The Morgan fingerprint density at radius 3 is 2.48 bits per heavy atom. The number of fused-ring (bicyclic) bond motifs is 1. The fourth-order valence-corrected chi connectivity index (χ4v) is 3.76. The van der Waals surface area contributed by atoms with Gasteiger partial charge >= 0.3 is 6.36 Å². The van der Waals surface area contributed by atoms with Crippen LogP contribution in [0.15, 0.2) is 66.3 Å². The molecule has 158 valence electrons. The van der Waals surface area contributed by atoms with Crippen LogP contribution in [0.3, 0.4) is 0 Å². The third-order valence-electron chi connectivity index (χ3n) is 4.13. The van der Waals surface area contributed by atoms with Crippen LogP contribution in [0, 0.1) is 0 Å². The van der Waals surface area contributed by atoms with E-state index in [-0.39, 0.29) is 18.2 Å². The van der Waals surface area contributed by atoms with E-state index in [1.54, 1.807) is 0 Å². The first-order valence-corrected chi connectivity index (χ1v) is 9.83. The number of nitrogens with zero attached hydrogens (tertiary/aromatic N) is 2. The number of hydrogen-bond acceptors (Lipinski definition) is 6. The van der Waals surface area contributed by atoms with E-state index in [0.29, 0.717) is 11.1 Å². The molecule has 0 saturated heterocycles. The lowest BCUT2D eigenvalue weighted by molar-refractivity contribution is -0.274. The minimum Gasteiger partial charge on any atom is -0.467 e. The molecule has 0 aliphatic heterocycles. The summed E-state index contributed by atoms with van der Waals surface area (Å²) >= 11 is 1.44. The second kappa shape index (κ2) is 8.60. The summed E-state index contributed by atoms with van der Waals surface area (Å²) < 4.78 is 46.1. The average Bonchev–Trinajstić information content (AvgIpc) is 3.18. The van der Waals surface area contributed by atoms with Gasteiger partial charge in [-0.15, -0.1) is 24.5 Å². The van der Waals surface area contributed by atoms with Crippen LogP contribution >= 0.6 is 11.3 Å². The highest BCUT2D eigenvalue weighted by Crippen LogP contribution is 2.37. The number of aromatic nitrogens is 2. The van der Waals surface area contributed by atoms with E-state index in [2.05, 4.69) is 20.0 Å². The molecule has 0 atom stereocenters. The second-order valence-electron chi connectivity index (χ2n) is 6.28. The van der Waals surface area contributed by atoms with Gasteiger partial charge in [-0.25, -0.2) is 9.97 Å². The molecular weight excluding hydrogens is 431 g/mol. The third-order valence-corrected chi connectivity index (χ3v) is 5.02. The molecule has 2 heterocycles. The number of ether oxygens (including phenoxy) is 2. The monoisotopic (exact) mass is 445 g/mol. The van der Waals surface area contributed by atoms with Gasteiger partial charge in [0, 0.05) is 16.6 Å². The zero-order valence-electron chi connectivity index (χ0n) is 15.7. The van der Waals surface area contributed by atoms with E-state index in [1.165, 1.54) is 29.8 Å². The van der Waals surface area contributed by atoms with Gasteiger partial charge in [0.25, 0.3) is 5.91 Å². The molecule has 2 aromatic carbocycles. The first-order valence-electron chi connectivity index (χ1n) is 8.95. The van der Waals surface area contributed by atoms with Gasteiger partial charge in [-0.1, -0.05) is 30.3 Å². The molecule has 4 rings (SSSR count). The average molecular weight is 445 g/mol. The normalized spacial score (nSPS) is 11.3. The van der Waals surface area contributed by atoms with Crippen molar-refractivity contribution in [3.8, 4) is 22.8 Å². The minimum atomic E-state index is -4.78.